The van der Waals surface area contributed by atoms with E-state index >= 15 is 0 Å². The Morgan fingerprint density at radius 2 is 1.81 bits per heavy atom. The van der Waals surface area contributed by atoms with Gasteiger partial charge in [0.15, 0.2) is 0 Å². The maximum atomic E-state index is 11.9. The molecule has 0 bridgehead atoms. The van der Waals surface area contributed by atoms with E-state index in [9.17, 15) is 4.79 Å². The average molecular weight is 290 g/mol. The van der Waals surface area contributed by atoms with Crippen LogP contribution in [-0.4, -0.2) is 19.1 Å². The van der Waals surface area contributed by atoms with E-state index in [4.69, 9.17) is 10.5 Å². The number of nitrogens with two attached hydrogens (primary N) is 1. The van der Waals surface area contributed by atoms with Crippen molar-refractivity contribution in [3.05, 3.63) is 24.3 Å². The van der Waals surface area contributed by atoms with Crippen LogP contribution in [0.3, 0.4) is 0 Å². The fourth-order valence-corrected chi connectivity index (χ4v) is 2.83. The van der Waals surface area contributed by atoms with Gasteiger partial charge in [-0.05, 0) is 43.0 Å². The standard InChI is InChI=1S/C17H26N2O2/c18-15-7-9-16(10-8-15)21-12-11-19-17(20)13-14-5-3-1-2-4-6-14/h7-10,14H,1-6,11-13,18H2,(H,19,20). The van der Waals surface area contributed by atoms with Crippen LogP contribution in [0.5, 0.6) is 5.75 Å². The van der Waals surface area contributed by atoms with Crippen LogP contribution in [0.25, 0.3) is 0 Å². The van der Waals surface area contributed by atoms with Crippen LogP contribution in [0, 0.1) is 5.92 Å². The molecule has 21 heavy (non-hydrogen) atoms. The molecule has 3 N–H and O–H groups in total. The van der Waals surface area contributed by atoms with Gasteiger partial charge in [0.25, 0.3) is 0 Å². The summed E-state index contributed by atoms with van der Waals surface area (Å²) >= 11 is 0. The highest BCUT2D eigenvalue weighted by Crippen LogP contribution is 2.25. The van der Waals surface area contributed by atoms with Crippen molar-refractivity contribution >= 4 is 11.6 Å². The van der Waals surface area contributed by atoms with Gasteiger partial charge in [-0.3, -0.25) is 4.79 Å². The van der Waals surface area contributed by atoms with Crippen molar-refractivity contribution in [2.75, 3.05) is 18.9 Å². The number of amides is 1. The molecule has 1 aromatic rings. The molecule has 0 atom stereocenters. The second-order valence-electron chi connectivity index (χ2n) is 5.83. The second kappa shape index (κ2) is 8.55. The summed E-state index contributed by atoms with van der Waals surface area (Å²) < 4.78 is 5.55. The number of benzene rings is 1. The summed E-state index contributed by atoms with van der Waals surface area (Å²) in [5.41, 5.74) is 6.33. The highest BCUT2D eigenvalue weighted by atomic mass is 16.5. The van der Waals surface area contributed by atoms with E-state index in [-0.39, 0.29) is 5.91 Å². The Morgan fingerprint density at radius 3 is 2.48 bits per heavy atom. The molecule has 116 valence electrons. The van der Waals surface area contributed by atoms with Crippen LogP contribution >= 0.6 is 0 Å². The highest BCUT2D eigenvalue weighted by molar-refractivity contribution is 5.76. The van der Waals surface area contributed by atoms with Gasteiger partial charge < -0.3 is 15.8 Å². The van der Waals surface area contributed by atoms with Gasteiger partial charge in [-0.25, -0.2) is 0 Å². The molecule has 1 saturated carbocycles. The van der Waals surface area contributed by atoms with E-state index in [0.29, 0.717) is 25.5 Å². The molecular weight excluding hydrogens is 264 g/mol. The maximum Gasteiger partial charge on any atom is 0.220 e. The number of nitrogens with one attached hydrogen (secondary N) is 1. The second-order valence-corrected chi connectivity index (χ2v) is 5.83. The van der Waals surface area contributed by atoms with Gasteiger partial charge in [0.1, 0.15) is 12.4 Å². The number of carbonyl (C=O) groups is 1. The normalized spacial score (nSPS) is 16.2. The third kappa shape index (κ3) is 6.06. The quantitative estimate of drug-likeness (QED) is 0.480. The summed E-state index contributed by atoms with van der Waals surface area (Å²) in [6, 6.07) is 7.28. The lowest BCUT2D eigenvalue weighted by Crippen LogP contribution is -2.29. The predicted octanol–water partition coefficient (Wildman–Crippen LogP) is 3.12. The van der Waals surface area contributed by atoms with Gasteiger partial charge >= 0.3 is 0 Å². The van der Waals surface area contributed by atoms with Crippen LogP contribution in [0.15, 0.2) is 24.3 Å². The van der Waals surface area contributed by atoms with E-state index in [1.165, 1.54) is 38.5 Å². The summed E-state index contributed by atoms with van der Waals surface area (Å²) in [4.78, 5) is 11.9. The maximum absolute atomic E-state index is 11.9. The van der Waals surface area contributed by atoms with Gasteiger partial charge in [-0.1, -0.05) is 25.7 Å². The highest BCUT2D eigenvalue weighted by Gasteiger charge is 2.15. The van der Waals surface area contributed by atoms with Gasteiger partial charge in [-0.15, -0.1) is 0 Å². The van der Waals surface area contributed by atoms with Gasteiger partial charge in [-0.2, -0.15) is 0 Å². The molecule has 0 aromatic heterocycles. The van der Waals surface area contributed by atoms with Crippen molar-refractivity contribution in [1.82, 2.24) is 5.32 Å². The fraction of sp³-hybridized carbons (Fsp3) is 0.588. The van der Waals surface area contributed by atoms with Crippen molar-refractivity contribution < 1.29 is 9.53 Å². The Hall–Kier alpha value is -1.71. The minimum atomic E-state index is 0.155. The minimum Gasteiger partial charge on any atom is -0.492 e. The molecule has 1 fully saturated rings. The summed E-state index contributed by atoms with van der Waals surface area (Å²) in [5, 5.41) is 2.94. The molecule has 4 heteroatoms. The Balaban J connectivity index is 1.59. The van der Waals surface area contributed by atoms with Gasteiger partial charge in [0, 0.05) is 12.1 Å². The first-order valence-corrected chi connectivity index (χ1v) is 7.99. The summed E-state index contributed by atoms with van der Waals surface area (Å²) in [6.07, 6.45) is 8.28. The molecule has 4 nitrogen and oxygen atoms in total. The summed E-state index contributed by atoms with van der Waals surface area (Å²) in [6.45, 7) is 1.04. The molecule has 0 saturated heterocycles. The molecule has 1 aromatic carbocycles. The Bertz CT molecular complexity index is 423. The van der Waals surface area contributed by atoms with Crippen molar-refractivity contribution in [1.29, 1.82) is 0 Å². The molecular formula is C17H26N2O2. The van der Waals surface area contributed by atoms with E-state index in [1.54, 1.807) is 12.1 Å². The summed E-state index contributed by atoms with van der Waals surface area (Å²) in [7, 11) is 0. The Kier molecular flexibility index (Phi) is 6.38. The van der Waals surface area contributed by atoms with Crippen molar-refractivity contribution in [2.45, 2.75) is 44.9 Å². The lowest BCUT2D eigenvalue weighted by molar-refractivity contribution is -0.122. The number of carbonyl (C=O) groups excluding carboxylic acids is 1. The number of hydrogen-bond acceptors (Lipinski definition) is 3. The zero-order valence-corrected chi connectivity index (χ0v) is 12.6. The van der Waals surface area contributed by atoms with E-state index < -0.39 is 0 Å². The van der Waals surface area contributed by atoms with Crippen LogP contribution in [0.1, 0.15) is 44.9 Å². The van der Waals surface area contributed by atoms with Crippen LogP contribution in [-0.2, 0) is 4.79 Å². The Labute approximate surface area is 127 Å². The largest absolute Gasteiger partial charge is 0.492 e. The third-order valence-electron chi connectivity index (χ3n) is 4.02. The average Bonchev–Trinajstić information content (AvgIpc) is 2.74. The molecule has 0 spiro atoms. The smallest absolute Gasteiger partial charge is 0.220 e. The van der Waals surface area contributed by atoms with Gasteiger partial charge in [0.05, 0.1) is 6.54 Å². The first-order chi connectivity index (χ1) is 10.2. The number of nitrogen functional groups attached to an aromatic ring is 1. The van der Waals surface area contributed by atoms with Gasteiger partial charge in [0.2, 0.25) is 5.91 Å². The molecule has 1 aliphatic carbocycles. The predicted molar refractivity (Wildman–Crippen MR) is 85.2 cm³/mol. The van der Waals surface area contributed by atoms with E-state index in [2.05, 4.69) is 5.32 Å². The molecule has 0 radical (unpaired) electrons. The zero-order valence-electron chi connectivity index (χ0n) is 12.6. The Morgan fingerprint density at radius 1 is 1.14 bits per heavy atom. The molecule has 1 amide bonds. The van der Waals surface area contributed by atoms with E-state index in [0.717, 1.165) is 11.4 Å². The van der Waals surface area contributed by atoms with Crippen LogP contribution in [0.2, 0.25) is 0 Å². The van der Waals surface area contributed by atoms with Crippen molar-refractivity contribution in [3.63, 3.8) is 0 Å². The fourth-order valence-electron chi connectivity index (χ4n) is 2.83. The van der Waals surface area contributed by atoms with Crippen LogP contribution < -0.4 is 15.8 Å². The topological polar surface area (TPSA) is 64.3 Å². The molecule has 0 aliphatic heterocycles. The number of hydrogen-bond donors (Lipinski definition) is 2. The van der Waals surface area contributed by atoms with Crippen molar-refractivity contribution in [3.8, 4) is 5.75 Å². The third-order valence-corrected chi connectivity index (χ3v) is 4.02. The first kappa shape index (κ1) is 15.7. The van der Waals surface area contributed by atoms with E-state index in [1.807, 2.05) is 12.1 Å². The SMILES string of the molecule is Nc1ccc(OCCNC(=O)CC2CCCCCC2)cc1. The number of rotatable bonds is 6. The molecule has 1 aliphatic rings. The lowest BCUT2D eigenvalue weighted by Gasteiger charge is -2.13. The first-order valence-electron chi connectivity index (χ1n) is 7.99. The van der Waals surface area contributed by atoms with Crippen molar-refractivity contribution in [2.24, 2.45) is 5.92 Å². The lowest BCUT2D eigenvalue weighted by atomic mass is 9.96. The van der Waals surface area contributed by atoms with Crippen LogP contribution in [0.4, 0.5) is 5.69 Å². The molecule has 0 heterocycles. The molecule has 2 rings (SSSR count). The number of ether oxygens (including phenoxy) is 1. The molecule has 0 unspecified atom stereocenters. The summed E-state index contributed by atoms with van der Waals surface area (Å²) in [5.74, 6) is 1.51. The minimum absolute atomic E-state index is 0.155. The zero-order chi connectivity index (χ0) is 14.9. The number of anilines is 1. The monoisotopic (exact) mass is 290 g/mol.